The van der Waals surface area contributed by atoms with E-state index < -0.39 is 0 Å². The van der Waals surface area contributed by atoms with E-state index in [4.69, 9.17) is 9.72 Å². The van der Waals surface area contributed by atoms with Crippen molar-refractivity contribution in [2.75, 3.05) is 32.8 Å². The van der Waals surface area contributed by atoms with Crippen LogP contribution >= 0.6 is 0 Å². The monoisotopic (exact) mass is 432 g/mol. The lowest BCUT2D eigenvalue weighted by Gasteiger charge is -2.27. The number of hydrogen-bond donors (Lipinski definition) is 0. The fraction of sp³-hybridized carbons (Fsp3) is 0.462. The Hall–Kier alpha value is -2.70. The van der Waals surface area contributed by atoms with E-state index in [-0.39, 0.29) is 5.91 Å². The maximum absolute atomic E-state index is 12.7. The molecule has 168 valence electrons. The van der Waals surface area contributed by atoms with E-state index in [1.165, 1.54) is 22.9 Å². The molecule has 1 atom stereocenters. The molecule has 1 amide bonds. The lowest BCUT2D eigenvalue weighted by molar-refractivity contribution is 0.0302. The number of aromatic nitrogens is 2. The van der Waals surface area contributed by atoms with E-state index in [2.05, 4.69) is 53.8 Å². The zero-order chi connectivity index (χ0) is 22.1. The number of ether oxygens (including phenoxy) is 1. The molecule has 0 N–H and O–H groups in total. The summed E-state index contributed by atoms with van der Waals surface area (Å²) in [6.45, 7) is 8.99. The van der Waals surface area contributed by atoms with Gasteiger partial charge < -0.3 is 14.2 Å². The number of hydrogen-bond acceptors (Lipinski definition) is 4. The number of para-hydroxylation sites is 1. The molecule has 32 heavy (non-hydrogen) atoms. The van der Waals surface area contributed by atoms with Crippen LogP contribution in [0, 0.1) is 0 Å². The average Bonchev–Trinajstić information content (AvgIpc) is 3.45. The SMILES string of the molecule is CC(C)n1cc(CN2CCCC2c2ccc(C(=O)N3CCOCC3)cn2)c2ccccc21. The van der Waals surface area contributed by atoms with E-state index >= 15 is 0 Å². The molecule has 4 heterocycles. The molecule has 6 nitrogen and oxygen atoms in total. The number of rotatable bonds is 5. The summed E-state index contributed by atoms with van der Waals surface area (Å²) < 4.78 is 7.73. The first-order valence-electron chi connectivity index (χ1n) is 11.8. The minimum absolute atomic E-state index is 0.0529. The minimum Gasteiger partial charge on any atom is -0.378 e. The number of nitrogens with zero attached hydrogens (tertiary/aromatic N) is 4. The van der Waals surface area contributed by atoms with Gasteiger partial charge in [0.25, 0.3) is 5.91 Å². The smallest absolute Gasteiger partial charge is 0.255 e. The number of carbonyl (C=O) groups excluding carboxylic acids is 1. The molecule has 2 aliphatic heterocycles. The highest BCUT2D eigenvalue weighted by Crippen LogP contribution is 2.34. The molecule has 6 heteroatoms. The summed E-state index contributed by atoms with van der Waals surface area (Å²) in [5, 5.41) is 1.34. The lowest BCUT2D eigenvalue weighted by Crippen LogP contribution is -2.40. The van der Waals surface area contributed by atoms with Gasteiger partial charge in [-0.1, -0.05) is 18.2 Å². The summed E-state index contributed by atoms with van der Waals surface area (Å²) in [5.74, 6) is 0.0529. The first-order valence-corrected chi connectivity index (χ1v) is 11.8. The van der Waals surface area contributed by atoms with Crippen LogP contribution in [0.4, 0.5) is 0 Å². The van der Waals surface area contributed by atoms with Crippen LogP contribution in [0.5, 0.6) is 0 Å². The molecular weight excluding hydrogens is 400 g/mol. The summed E-state index contributed by atoms with van der Waals surface area (Å²) in [6.07, 6.45) is 6.35. The molecule has 2 fully saturated rings. The Morgan fingerprint density at radius 3 is 2.69 bits per heavy atom. The summed E-state index contributed by atoms with van der Waals surface area (Å²) in [5.41, 5.74) is 4.41. The highest BCUT2D eigenvalue weighted by Gasteiger charge is 2.28. The van der Waals surface area contributed by atoms with Crippen molar-refractivity contribution < 1.29 is 9.53 Å². The molecular formula is C26H32N4O2. The first kappa shape index (κ1) is 21.2. The lowest BCUT2D eigenvalue weighted by atomic mass is 10.1. The average molecular weight is 433 g/mol. The normalized spacial score (nSPS) is 19.8. The highest BCUT2D eigenvalue weighted by atomic mass is 16.5. The van der Waals surface area contributed by atoms with Crippen molar-refractivity contribution in [3.05, 3.63) is 65.6 Å². The first-order chi connectivity index (χ1) is 15.6. The van der Waals surface area contributed by atoms with Crippen LogP contribution in [0.15, 0.2) is 48.8 Å². The Balaban J connectivity index is 1.34. The van der Waals surface area contributed by atoms with Crippen molar-refractivity contribution in [3.8, 4) is 0 Å². The van der Waals surface area contributed by atoms with Crippen LogP contribution in [0.1, 0.15) is 60.4 Å². The topological polar surface area (TPSA) is 50.6 Å². The number of morpholine rings is 1. The van der Waals surface area contributed by atoms with Gasteiger partial charge >= 0.3 is 0 Å². The predicted octanol–water partition coefficient (Wildman–Crippen LogP) is 4.43. The molecule has 2 aromatic heterocycles. The predicted molar refractivity (Wildman–Crippen MR) is 126 cm³/mol. The number of fused-ring (bicyclic) bond motifs is 1. The Morgan fingerprint density at radius 2 is 1.94 bits per heavy atom. The van der Waals surface area contributed by atoms with Crippen molar-refractivity contribution in [2.24, 2.45) is 0 Å². The van der Waals surface area contributed by atoms with E-state index in [9.17, 15) is 4.79 Å². The van der Waals surface area contributed by atoms with Gasteiger partial charge in [0.15, 0.2) is 0 Å². The molecule has 0 spiro atoms. The Labute approximate surface area is 189 Å². The fourth-order valence-corrected chi connectivity index (χ4v) is 5.08. The van der Waals surface area contributed by atoms with Crippen LogP contribution in [0.25, 0.3) is 10.9 Å². The van der Waals surface area contributed by atoms with Crippen LogP contribution in [-0.2, 0) is 11.3 Å². The molecule has 0 saturated carbocycles. The molecule has 0 radical (unpaired) electrons. The zero-order valence-electron chi connectivity index (χ0n) is 19.0. The molecule has 0 aliphatic carbocycles. The maximum Gasteiger partial charge on any atom is 0.255 e. The number of carbonyl (C=O) groups is 1. The third-order valence-corrected chi connectivity index (χ3v) is 6.79. The third-order valence-electron chi connectivity index (χ3n) is 6.79. The van der Waals surface area contributed by atoms with Gasteiger partial charge in [0.2, 0.25) is 0 Å². The summed E-state index contributed by atoms with van der Waals surface area (Å²) >= 11 is 0. The molecule has 2 saturated heterocycles. The van der Waals surface area contributed by atoms with Gasteiger partial charge in [-0.3, -0.25) is 14.7 Å². The van der Waals surface area contributed by atoms with Crippen molar-refractivity contribution in [1.82, 2.24) is 19.4 Å². The molecule has 1 unspecified atom stereocenters. The zero-order valence-corrected chi connectivity index (χ0v) is 19.0. The van der Waals surface area contributed by atoms with Gasteiger partial charge in [-0.25, -0.2) is 0 Å². The molecule has 5 rings (SSSR count). The number of benzene rings is 1. The summed E-state index contributed by atoms with van der Waals surface area (Å²) in [7, 11) is 0. The van der Waals surface area contributed by atoms with Gasteiger partial charge in [-0.2, -0.15) is 0 Å². The van der Waals surface area contributed by atoms with Crippen LogP contribution in [0.3, 0.4) is 0 Å². The molecule has 2 aliphatic rings. The molecule has 1 aromatic carbocycles. The van der Waals surface area contributed by atoms with Gasteiger partial charge in [-0.05, 0) is 57.0 Å². The minimum atomic E-state index is 0.0529. The number of amides is 1. The number of pyridine rings is 1. The highest BCUT2D eigenvalue weighted by molar-refractivity contribution is 5.94. The fourth-order valence-electron chi connectivity index (χ4n) is 5.08. The molecule has 3 aromatic rings. The van der Waals surface area contributed by atoms with Crippen LogP contribution < -0.4 is 0 Å². The Kier molecular flexibility index (Phi) is 5.98. The van der Waals surface area contributed by atoms with Gasteiger partial charge in [0, 0.05) is 49.0 Å². The second-order valence-corrected chi connectivity index (χ2v) is 9.18. The summed E-state index contributed by atoms with van der Waals surface area (Å²) in [6, 6.07) is 13.4. The van der Waals surface area contributed by atoms with Crippen molar-refractivity contribution in [3.63, 3.8) is 0 Å². The molecule has 0 bridgehead atoms. The maximum atomic E-state index is 12.7. The van der Waals surface area contributed by atoms with Crippen molar-refractivity contribution in [1.29, 1.82) is 0 Å². The van der Waals surface area contributed by atoms with Crippen LogP contribution in [0.2, 0.25) is 0 Å². The quantitative estimate of drug-likeness (QED) is 0.599. The summed E-state index contributed by atoms with van der Waals surface area (Å²) in [4.78, 5) is 21.9. The standard InChI is InChI=1S/C26H32N4O2/c1-19(2)30-18-21(22-6-3-4-7-24(22)30)17-29-11-5-8-25(29)23-10-9-20(16-27-23)26(31)28-12-14-32-15-13-28/h3-4,6-7,9-10,16,18-19,25H,5,8,11-15,17H2,1-2H3. The van der Waals surface area contributed by atoms with Gasteiger partial charge in [-0.15, -0.1) is 0 Å². The number of likely N-dealkylation sites (tertiary alicyclic amines) is 1. The third kappa shape index (κ3) is 4.05. The van der Waals surface area contributed by atoms with E-state index in [0.717, 1.165) is 25.2 Å². The second-order valence-electron chi connectivity index (χ2n) is 9.18. The van der Waals surface area contributed by atoms with E-state index in [1.807, 2.05) is 17.0 Å². The Morgan fingerprint density at radius 1 is 1.12 bits per heavy atom. The Bertz CT molecular complexity index is 1080. The van der Waals surface area contributed by atoms with Gasteiger partial charge in [0.1, 0.15) is 0 Å². The van der Waals surface area contributed by atoms with Gasteiger partial charge in [0.05, 0.1) is 30.5 Å². The largest absolute Gasteiger partial charge is 0.378 e. The second kappa shape index (κ2) is 9.04. The van der Waals surface area contributed by atoms with Crippen LogP contribution in [-0.4, -0.2) is 58.1 Å². The van der Waals surface area contributed by atoms with Crippen molar-refractivity contribution >= 4 is 16.8 Å². The van der Waals surface area contributed by atoms with Crippen molar-refractivity contribution in [2.45, 2.75) is 45.3 Å². The van der Waals surface area contributed by atoms with E-state index in [1.54, 1.807) is 6.20 Å². The van der Waals surface area contributed by atoms with E-state index in [0.29, 0.717) is 44.0 Å².